The van der Waals surface area contributed by atoms with Gasteiger partial charge in [0.05, 0.1) is 11.7 Å². The average Bonchev–Trinajstić information content (AvgIpc) is 2.23. The largest absolute Gasteiger partial charge is 0.389 e. The molecule has 0 aliphatic carbocycles. The normalized spacial score (nSPS) is 13.9. The molecule has 0 aromatic heterocycles. The monoisotopic (exact) mass is 349 g/mol. The van der Waals surface area contributed by atoms with Gasteiger partial charge in [-0.2, -0.15) is 0 Å². The Balaban J connectivity index is 2.53. The van der Waals surface area contributed by atoms with Gasteiger partial charge >= 0.3 is 0 Å². The summed E-state index contributed by atoms with van der Waals surface area (Å²) in [4.78, 5) is 2.00. The third kappa shape index (κ3) is 6.23. The maximum absolute atomic E-state index is 10.2. The molecular weight excluding hydrogens is 330 g/mol. The molecule has 19 heavy (non-hydrogen) atoms. The van der Waals surface area contributed by atoms with Gasteiger partial charge in [-0.1, -0.05) is 33.6 Å². The maximum Gasteiger partial charge on any atom is 0.0816 e. The fourth-order valence-electron chi connectivity index (χ4n) is 2.01. The Kier molecular flexibility index (Phi) is 6.27. The molecule has 0 bridgehead atoms. The fourth-order valence-corrected chi connectivity index (χ4v) is 2.81. The quantitative estimate of drug-likeness (QED) is 0.828. The Morgan fingerprint density at radius 1 is 1.42 bits per heavy atom. The van der Waals surface area contributed by atoms with Gasteiger partial charge in [0, 0.05) is 22.6 Å². The number of halogens is 2. The van der Waals surface area contributed by atoms with Crippen LogP contribution in [0.3, 0.4) is 0 Å². The number of likely N-dealkylation sites (N-methyl/N-ethyl adjacent to an activating group) is 1. The minimum Gasteiger partial charge on any atom is -0.389 e. The highest BCUT2D eigenvalue weighted by molar-refractivity contribution is 9.10. The first kappa shape index (κ1) is 16.9. The first-order chi connectivity index (χ1) is 8.69. The molecular formula is C14H21BrClNO2. The SMILES string of the molecule is CN(CCC(O)c1ccc(Br)cc1Cl)CC(C)(C)O. The molecule has 0 fully saturated rings. The Labute approximate surface area is 128 Å². The van der Waals surface area contributed by atoms with E-state index in [9.17, 15) is 10.2 Å². The van der Waals surface area contributed by atoms with E-state index in [1.807, 2.05) is 24.1 Å². The van der Waals surface area contributed by atoms with Crippen LogP contribution >= 0.6 is 27.5 Å². The highest BCUT2D eigenvalue weighted by Crippen LogP contribution is 2.28. The molecule has 1 rings (SSSR count). The lowest BCUT2D eigenvalue weighted by molar-refractivity contribution is 0.0393. The van der Waals surface area contributed by atoms with E-state index in [0.717, 1.165) is 10.0 Å². The van der Waals surface area contributed by atoms with Crippen molar-refractivity contribution in [3.63, 3.8) is 0 Å². The van der Waals surface area contributed by atoms with Gasteiger partial charge in [-0.3, -0.25) is 0 Å². The van der Waals surface area contributed by atoms with E-state index < -0.39 is 11.7 Å². The van der Waals surface area contributed by atoms with Crippen LogP contribution in [0.15, 0.2) is 22.7 Å². The predicted molar refractivity (Wildman–Crippen MR) is 82.5 cm³/mol. The minimum absolute atomic E-state index is 0.562. The van der Waals surface area contributed by atoms with E-state index in [1.54, 1.807) is 19.9 Å². The summed E-state index contributed by atoms with van der Waals surface area (Å²) >= 11 is 9.44. The summed E-state index contributed by atoms with van der Waals surface area (Å²) in [6.45, 7) is 4.79. The van der Waals surface area contributed by atoms with Crippen molar-refractivity contribution in [3.8, 4) is 0 Å². The van der Waals surface area contributed by atoms with Crippen molar-refractivity contribution in [1.29, 1.82) is 0 Å². The molecule has 0 saturated heterocycles. The number of benzene rings is 1. The molecule has 0 saturated carbocycles. The van der Waals surface area contributed by atoms with Crippen molar-refractivity contribution in [2.45, 2.75) is 32.0 Å². The van der Waals surface area contributed by atoms with Crippen molar-refractivity contribution < 1.29 is 10.2 Å². The predicted octanol–water partition coefficient (Wildman–Crippen LogP) is 3.23. The number of aliphatic hydroxyl groups is 2. The molecule has 0 spiro atoms. The van der Waals surface area contributed by atoms with Gasteiger partial charge in [0.15, 0.2) is 0 Å². The number of nitrogens with zero attached hydrogens (tertiary/aromatic N) is 1. The molecule has 5 heteroatoms. The summed E-state index contributed by atoms with van der Waals surface area (Å²) in [6, 6.07) is 5.47. The Morgan fingerprint density at radius 2 is 2.05 bits per heavy atom. The van der Waals surface area contributed by atoms with Crippen LogP contribution in [0, 0.1) is 0 Å². The maximum atomic E-state index is 10.2. The summed E-state index contributed by atoms with van der Waals surface area (Å²) in [6.07, 6.45) is -0.0154. The lowest BCUT2D eigenvalue weighted by atomic mass is 10.1. The van der Waals surface area contributed by atoms with Gasteiger partial charge < -0.3 is 15.1 Å². The van der Waals surface area contributed by atoms with E-state index in [4.69, 9.17) is 11.6 Å². The fraction of sp³-hybridized carbons (Fsp3) is 0.571. The van der Waals surface area contributed by atoms with Crippen LogP contribution in [0.1, 0.15) is 31.9 Å². The van der Waals surface area contributed by atoms with Crippen molar-refractivity contribution in [2.24, 2.45) is 0 Å². The molecule has 1 aromatic carbocycles. The summed E-state index contributed by atoms with van der Waals surface area (Å²) < 4.78 is 0.896. The first-order valence-electron chi connectivity index (χ1n) is 6.23. The summed E-state index contributed by atoms with van der Waals surface area (Å²) in [5, 5.41) is 20.4. The lowest BCUT2D eigenvalue weighted by Crippen LogP contribution is -2.37. The third-order valence-corrected chi connectivity index (χ3v) is 3.58. The van der Waals surface area contributed by atoms with Crippen LogP contribution < -0.4 is 0 Å². The number of hydrogen-bond acceptors (Lipinski definition) is 3. The van der Waals surface area contributed by atoms with Crippen molar-refractivity contribution in [3.05, 3.63) is 33.3 Å². The second-order valence-electron chi connectivity index (χ2n) is 5.52. The third-order valence-electron chi connectivity index (χ3n) is 2.76. The van der Waals surface area contributed by atoms with Crippen LogP contribution in [0.25, 0.3) is 0 Å². The summed E-state index contributed by atoms with van der Waals surface area (Å²) in [5.74, 6) is 0. The molecule has 0 aliphatic rings. The van der Waals surface area contributed by atoms with E-state index in [-0.39, 0.29) is 0 Å². The molecule has 3 nitrogen and oxygen atoms in total. The van der Waals surface area contributed by atoms with Crippen LogP contribution in [-0.4, -0.2) is 40.9 Å². The van der Waals surface area contributed by atoms with Crippen LogP contribution in [0.5, 0.6) is 0 Å². The molecule has 1 atom stereocenters. The molecule has 0 heterocycles. The second-order valence-corrected chi connectivity index (χ2v) is 6.84. The van der Waals surface area contributed by atoms with Crippen molar-refractivity contribution in [2.75, 3.05) is 20.1 Å². The number of rotatable bonds is 6. The zero-order valence-corrected chi connectivity index (χ0v) is 13.9. The smallest absolute Gasteiger partial charge is 0.0816 e. The molecule has 0 amide bonds. The summed E-state index contributed by atoms with van der Waals surface area (Å²) in [5.41, 5.74) is 0.0103. The molecule has 2 N–H and O–H groups in total. The average molecular weight is 351 g/mol. The van der Waals surface area contributed by atoms with Gasteiger partial charge in [-0.05, 0) is 45.0 Å². The second kappa shape index (κ2) is 7.04. The summed E-state index contributed by atoms with van der Waals surface area (Å²) in [7, 11) is 1.92. The molecule has 0 aliphatic heterocycles. The zero-order chi connectivity index (χ0) is 14.6. The van der Waals surface area contributed by atoms with Gasteiger partial charge in [-0.25, -0.2) is 0 Å². The van der Waals surface area contributed by atoms with E-state index in [1.165, 1.54) is 0 Å². The zero-order valence-electron chi connectivity index (χ0n) is 11.5. The number of hydrogen-bond donors (Lipinski definition) is 2. The van der Waals surface area contributed by atoms with Gasteiger partial charge in [0.2, 0.25) is 0 Å². The topological polar surface area (TPSA) is 43.7 Å². The molecule has 1 unspecified atom stereocenters. The van der Waals surface area contributed by atoms with E-state index >= 15 is 0 Å². The van der Waals surface area contributed by atoms with Crippen LogP contribution in [0.2, 0.25) is 5.02 Å². The van der Waals surface area contributed by atoms with Crippen LogP contribution in [0.4, 0.5) is 0 Å². The van der Waals surface area contributed by atoms with E-state index in [2.05, 4.69) is 15.9 Å². The number of aliphatic hydroxyl groups excluding tert-OH is 1. The first-order valence-corrected chi connectivity index (χ1v) is 7.40. The Hall–Kier alpha value is -0.130. The van der Waals surface area contributed by atoms with E-state index in [0.29, 0.717) is 24.5 Å². The van der Waals surface area contributed by atoms with Gasteiger partial charge in [-0.15, -0.1) is 0 Å². The van der Waals surface area contributed by atoms with Crippen LogP contribution in [-0.2, 0) is 0 Å². The Bertz CT molecular complexity index is 420. The highest BCUT2D eigenvalue weighted by atomic mass is 79.9. The molecule has 1 aromatic rings. The van der Waals surface area contributed by atoms with Crippen molar-refractivity contribution >= 4 is 27.5 Å². The minimum atomic E-state index is -0.727. The standard InChI is InChI=1S/C14H21BrClNO2/c1-14(2,19)9-17(3)7-6-13(18)11-5-4-10(15)8-12(11)16/h4-5,8,13,18-19H,6-7,9H2,1-3H3. The van der Waals surface area contributed by atoms with Gasteiger partial charge in [0.25, 0.3) is 0 Å². The molecule has 108 valence electrons. The molecule has 0 radical (unpaired) electrons. The lowest BCUT2D eigenvalue weighted by Gasteiger charge is -2.26. The Morgan fingerprint density at radius 3 is 2.58 bits per heavy atom. The van der Waals surface area contributed by atoms with Gasteiger partial charge in [0.1, 0.15) is 0 Å². The van der Waals surface area contributed by atoms with Crippen molar-refractivity contribution in [1.82, 2.24) is 4.90 Å². The highest BCUT2D eigenvalue weighted by Gasteiger charge is 2.17.